The number of benzene rings is 1. The third kappa shape index (κ3) is 7.90. The Labute approximate surface area is 177 Å². The molecule has 0 saturated heterocycles. The lowest BCUT2D eigenvalue weighted by atomic mass is 9.86. The van der Waals surface area contributed by atoms with Gasteiger partial charge in [0.1, 0.15) is 6.54 Å². The van der Waals surface area contributed by atoms with Gasteiger partial charge in [0.2, 0.25) is 5.89 Å². The van der Waals surface area contributed by atoms with Gasteiger partial charge in [-0.2, -0.15) is 4.98 Å². The molecule has 1 aromatic carbocycles. The van der Waals surface area contributed by atoms with E-state index in [1.807, 2.05) is 25.1 Å². The van der Waals surface area contributed by atoms with Gasteiger partial charge in [-0.15, -0.1) is 24.0 Å². The summed E-state index contributed by atoms with van der Waals surface area (Å²) < 4.78 is 5.09. The van der Waals surface area contributed by atoms with Crippen LogP contribution in [-0.4, -0.2) is 29.2 Å². The monoisotopic (exact) mass is 491 g/mol. The molecule has 0 radical (unpaired) electrons. The SMILES string of the molecule is CCNC(=NCc1nc(C)no1)NCC(C)(C)Cc1cccc(Cl)c1.I. The molecule has 144 valence electrons. The average molecular weight is 492 g/mol. The number of aryl methyl sites for hydroxylation is 1. The van der Waals surface area contributed by atoms with Crippen molar-refractivity contribution in [1.29, 1.82) is 0 Å². The van der Waals surface area contributed by atoms with Gasteiger partial charge in [-0.3, -0.25) is 0 Å². The Morgan fingerprint density at radius 2 is 2.08 bits per heavy atom. The van der Waals surface area contributed by atoms with E-state index >= 15 is 0 Å². The molecule has 0 bridgehead atoms. The van der Waals surface area contributed by atoms with Gasteiger partial charge in [-0.1, -0.05) is 42.7 Å². The minimum Gasteiger partial charge on any atom is -0.357 e. The number of hydrogen-bond acceptors (Lipinski definition) is 4. The topological polar surface area (TPSA) is 75.3 Å². The maximum atomic E-state index is 6.08. The van der Waals surface area contributed by atoms with Crippen LogP contribution in [-0.2, 0) is 13.0 Å². The first-order valence-corrected chi connectivity index (χ1v) is 8.81. The first kappa shape index (κ1) is 22.7. The van der Waals surface area contributed by atoms with E-state index in [2.05, 4.69) is 45.7 Å². The van der Waals surface area contributed by atoms with Crippen LogP contribution in [0.2, 0.25) is 5.02 Å². The lowest BCUT2D eigenvalue weighted by Gasteiger charge is -2.26. The molecule has 0 spiro atoms. The summed E-state index contributed by atoms with van der Waals surface area (Å²) in [6, 6.07) is 8.00. The average Bonchev–Trinajstić information content (AvgIpc) is 2.95. The fraction of sp³-hybridized carbons (Fsp3) is 0.500. The molecule has 2 N–H and O–H groups in total. The van der Waals surface area contributed by atoms with Crippen LogP contribution in [0.3, 0.4) is 0 Å². The van der Waals surface area contributed by atoms with E-state index in [0.717, 1.165) is 30.5 Å². The van der Waals surface area contributed by atoms with Gasteiger partial charge in [0, 0.05) is 18.1 Å². The minimum atomic E-state index is 0. The number of aliphatic imine (C=N–C) groups is 1. The van der Waals surface area contributed by atoms with Crippen LogP contribution in [0.4, 0.5) is 0 Å². The second-order valence-corrected chi connectivity index (χ2v) is 7.19. The number of nitrogens with zero attached hydrogens (tertiary/aromatic N) is 3. The van der Waals surface area contributed by atoms with Crippen LogP contribution in [0.15, 0.2) is 33.8 Å². The Hall–Kier alpha value is -1.35. The molecule has 0 fully saturated rings. The van der Waals surface area contributed by atoms with Crippen LogP contribution >= 0.6 is 35.6 Å². The fourth-order valence-electron chi connectivity index (χ4n) is 2.48. The summed E-state index contributed by atoms with van der Waals surface area (Å²) in [4.78, 5) is 8.66. The molecule has 1 heterocycles. The molecule has 0 aliphatic carbocycles. The van der Waals surface area contributed by atoms with Crippen molar-refractivity contribution in [2.45, 2.75) is 40.7 Å². The van der Waals surface area contributed by atoms with Gasteiger partial charge >= 0.3 is 0 Å². The number of guanidine groups is 1. The summed E-state index contributed by atoms with van der Waals surface area (Å²) in [5.74, 6) is 1.86. The summed E-state index contributed by atoms with van der Waals surface area (Å²) in [7, 11) is 0. The van der Waals surface area contributed by atoms with E-state index in [0.29, 0.717) is 18.3 Å². The van der Waals surface area contributed by atoms with Crippen molar-refractivity contribution in [3.63, 3.8) is 0 Å². The molecule has 8 heteroatoms. The Kier molecular flexibility index (Phi) is 9.35. The smallest absolute Gasteiger partial charge is 0.248 e. The largest absolute Gasteiger partial charge is 0.357 e. The molecule has 1 aromatic heterocycles. The molecule has 0 aliphatic rings. The molecule has 0 atom stereocenters. The van der Waals surface area contributed by atoms with Gasteiger partial charge in [-0.05, 0) is 43.4 Å². The van der Waals surface area contributed by atoms with Gasteiger partial charge in [0.25, 0.3) is 0 Å². The summed E-state index contributed by atoms with van der Waals surface area (Å²) >= 11 is 6.08. The number of nitrogens with one attached hydrogen (secondary N) is 2. The van der Waals surface area contributed by atoms with Crippen LogP contribution in [0.25, 0.3) is 0 Å². The van der Waals surface area contributed by atoms with Gasteiger partial charge in [0.05, 0.1) is 0 Å². The first-order chi connectivity index (χ1) is 11.9. The third-order valence-corrected chi connectivity index (χ3v) is 3.83. The lowest BCUT2D eigenvalue weighted by Crippen LogP contribution is -2.42. The summed E-state index contributed by atoms with van der Waals surface area (Å²) in [5.41, 5.74) is 1.27. The summed E-state index contributed by atoms with van der Waals surface area (Å²) in [6.07, 6.45) is 0.919. The Bertz CT molecular complexity index is 717. The molecule has 0 amide bonds. The van der Waals surface area contributed by atoms with E-state index < -0.39 is 0 Å². The van der Waals surface area contributed by atoms with Crippen molar-refractivity contribution in [1.82, 2.24) is 20.8 Å². The Morgan fingerprint density at radius 1 is 1.31 bits per heavy atom. The summed E-state index contributed by atoms with van der Waals surface area (Å²) in [5, 5.41) is 11.2. The number of aromatic nitrogens is 2. The normalized spacial score (nSPS) is 11.8. The minimum absolute atomic E-state index is 0. The maximum absolute atomic E-state index is 6.08. The highest BCUT2D eigenvalue weighted by Gasteiger charge is 2.19. The molecular formula is C18H27ClIN5O. The van der Waals surface area contributed by atoms with Crippen LogP contribution in [0, 0.1) is 12.3 Å². The zero-order valence-electron chi connectivity index (χ0n) is 15.7. The van der Waals surface area contributed by atoms with Gasteiger partial charge in [0.15, 0.2) is 11.8 Å². The zero-order chi connectivity index (χ0) is 18.3. The molecule has 2 rings (SSSR count). The highest BCUT2D eigenvalue weighted by Crippen LogP contribution is 2.22. The van der Waals surface area contributed by atoms with E-state index in [9.17, 15) is 0 Å². The van der Waals surface area contributed by atoms with Crippen molar-refractivity contribution in [3.05, 3.63) is 46.6 Å². The van der Waals surface area contributed by atoms with Gasteiger partial charge < -0.3 is 15.2 Å². The molecule has 0 aliphatic heterocycles. The van der Waals surface area contributed by atoms with Crippen LogP contribution in [0.5, 0.6) is 0 Å². The predicted molar refractivity (Wildman–Crippen MR) is 116 cm³/mol. The number of rotatable bonds is 7. The quantitative estimate of drug-likeness (QED) is 0.348. The number of hydrogen-bond donors (Lipinski definition) is 2. The van der Waals surface area contributed by atoms with Gasteiger partial charge in [-0.25, -0.2) is 4.99 Å². The molecule has 0 unspecified atom stereocenters. The molecular weight excluding hydrogens is 465 g/mol. The first-order valence-electron chi connectivity index (χ1n) is 8.44. The van der Waals surface area contributed by atoms with Crippen LogP contribution < -0.4 is 10.6 Å². The van der Waals surface area contributed by atoms with Crippen molar-refractivity contribution >= 4 is 41.5 Å². The van der Waals surface area contributed by atoms with Crippen LogP contribution in [0.1, 0.15) is 38.0 Å². The number of halogens is 2. The fourth-order valence-corrected chi connectivity index (χ4v) is 2.69. The standard InChI is InChI=1S/C18H26ClN5O.HI/c1-5-20-17(21-11-16-23-13(2)24-25-16)22-12-18(3,4)10-14-7-6-8-15(19)9-14;/h6-9H,5,10-12H2,1-4H3,(H2,20,21,22);1H. The second kappa shape index (κ2) is 10.7. The van der Waals surface area contributed by atoms with E-state index in [1.54, 1.807) is 6.92 Å². The predicted octanol–water partition coefficient (Wildman–Crippen LogP) is 3.97. The zero-order valence-corrected chi connectivity index (χ0v) is 18.8. The highest BCUT2D eigenvalue weighted by molar-refractivity contribution is 14.0. The van der Waals surface area contributed by atoms with Crippen molar-refractivity contribution < 1.29 is 4.52 Å². The van der Waals surface area contributed by atoms with Crippen molar-refractivity contribution in [2.75, 3.05) is 13.1 Å². The molecule has 2 aromatic rings. The van der Waals surface area contributed by atoms with Crippen molar-refractivity contribution in [2.24, 2.45) is 10.4 Å². The Balaban J connectivity index is 0.00000338. The second-order valence-electron chi connectivity index (χ2n) is 6.75. The van der Waals surface area contributed by atoms with Crippen molar-refractivity contribution in [3.8, 4) is 0 Å². The molecule has 6 nitrogen and oxygen atoms in total. The highest BCUT2D eigenvalue weighted by atomic mass is 127. The van der Waals surface area contributed by atoms with E-state index in [-0.39, 0.29) is 29.4 Å². The molecule has 0 saturated carbocycles. The van der Waals surface area contributed by atoms with E-state index in [1.165, 1.54) is 5.56 Å². The molecule has 26 heavy (non-hydrogen) atoms. The lowest BCUT2D eigenvalue weighted by molar-refractivity contribution is 0.358. The van der Waals surface area contributed by atoms with E-state index in [4.69, 9.17) is 16.1 Å². The Morgan fingerprint density at radius 3 is 2.69 bits per heavy atom. The third-order valence-electron chi connectivity index (χ3n) is 3.59. The maximum Gasteiger partial charge on any atom is 0.248 e. The summed E-state index contributed by atoms with van der Waals surface area (Å²) in [6.45, 7) is 10.2.